The number of furan rings is 1. The number of carbonyl (C=O) groups is 1. The Kier molecular flexibility index (Phi) is 7.54. The minimum atomic E-state index is -0.410. The van der Waals surface area contributed by atoms with Gasteiger partial charge in [-0.3, -0.25) is 10.1 Å². The van der Waals surface area contributed by atoms with E-state index in [0.29, 0.717) is 35.1 Å². The number of rotatable bonds is 7. The maximum absolute atomic E-state index is 12.6. The summed E-state index contributed by atoms with van der Waals surface area (Å²) in [4.78, 5) is 12.6. The molecule has 2 N–H and O–H groups in total. The summed E-state index contributed by atoms with van der Waals surface area (Å²) in [6.07, 6.45) is 0. The molecule has 9 heteroatoms. The quantitative estimate of drug-likeness (QED) is 0.457. The molecule has 0 aliphatic rings. The van der Waals surface area contributed by atoms with Gasteiger partial charge in [0, 0.05) is 15.6 Å². The van der Waals surface area contributed by atoms with Crippen molar-refractivity contribution in [1.82, 2.24) is 10.6 Å². The van der Waals surface area contributed by atoms with Crippen LogP contribution in [0.15, 0.2) is 57.4 Å². The number of thiocarbonyl (C=S) groups is 1. The van der Waals surface area contributed by atoms with Crippen LogP contribution in [0.1, 0.15) is 16.1 Å². The van der Waals surface area contributed by atoms with E-state index in [9.17, 15) is 4.79 Å². The summed E-state index contributed by atoms with van der Waals surface area (Å²) in [5.41, 5.74) is 1.28. The summed E-state index contributed by atoms with van der Waals surface area (Å²) in [5, 5.41) is 5.77. The smallest absolute Gasteiger partial charge is 0.257 e. The molecule has 0 saturated heterocycles. The summed E-state index contributed by atoms with van der Waals surface area (Å²) in [7, 11) is 4.46. The van der Waals surface area contributed by atoms with Crippen molar-refractivity contribution >= 4 is 39.2 Å². The lowest BCUT2D eigenvalue weighted by Crippen LogP contribution is -2.38. The van der Waals surface area contributed by atoms with Gasteiger partial charge in [0.2, 0.25) is 5.75 Å². The van der Waals surface area contributed by atoms with E-state index in [4.69, 9.17) is 30.8 Å². The van der Waals surface area contributed by atoms with Crippen LogP contribution in [0.3, 0.4) is 0 Å². The Hall–Kier alpha value is -3.04. The van der Waals surface area contributed by atoms with E-state index >= 15 is 0 Å². The van der Waals surface area contributed by atoms with Gasteiger partial charge in [-0.2, -0.15) is 0 Å². The molecule has 2 aromatic carbocycles. The highest BCUT2D eigenvalue weighted by Crippen LogP contribution is 2.38. The molecule has 31 heavy (non-hydrogen) atoms. The zero-order valence-corrected chi connectivity index (χ0v) is 19.6. The third-order valence-corrected chi connectivity index (χ3v) is 5.14. The van der Waals surface area contributed by atoms with Crippen LogP contribution in [0.4, 0.5) is 0 Å². The highest BCUT2D eigenvalue weighted by molar-refractivity contribution is 9.10. The van der Waals surface area contributed by atoms with Crippen LogP contribution in [0.25, 0.3) is 11.3 Å². The van der Waals surface area contributed by atoms with Crippen LogP contribution in [-0.4, -0.2) is 32.3 Å². The highest BCUT2D eigenvalue weighted by Gasteiger charge is 2.17. The number of nitrogens with one attached hydrogen (secondary N) is 2. The minimum Gasteiger partial charge on any atom is -0.493 e. The first-order chi connectivity index (χ1) is 14.9. The van der Waals surface area contributed by atoms with Gasteiger partial charge in [-0.15, -0.1) is 0 Å². The molecule has 0 atom stereocenters. The molecule has 3 rings (SSSR count). The normalized spacial score (nSPS) is 10.3. The largest absolute Gasteiger partial charge is 0.493 e. The average Bonchev–Trinajstić information content (AvgIpc) is 3.26. The number of carbonyl (C=O) groups excluding carboxylic acids is 1. The van der Waals surface area contributed by atoms with Crippen LogP contribution in [-0.2, 0) is 6.54 Å². The lowest BCUT2D eigenvalue weighted by Gasteiger charge is -2.14. The Morgan fingerprint density at radius 2 is 1.65 bits per heavy atom. The van der Waals surface area contributed by atoms with Crippen molar-refractivity contribution in [3.8, 4) is 28.6 Å². The summed E-state index contributed by atoms with van der Waals surface area (Å²) in [6.45, 7) is 0.324. The van der Waals surface area contributed by atoms with E-state index < -0.39 is 5.91 Å². The van der Waals surface area contributed by atoms with Gasteiger partial charge in [0.1, 0.15) is 11.5 Å². The minimum absolute atomic E-state index is 0.167. The highest BCUT2D eigenvalue weighted by atomic mass is 79.9. The first kappa shape index (κ1) is 22.6. The molecular formula is C22H21BrN2O5S. The maximum Gasteiger partial charge on any atom is 0.257 e. The summed E-state index contributed by atoms with van der Waals surface area (Å²) < 4.78 is 22.7. The fourth-order valence-corrected chi connectivity index (χ4v) is 3.27. The van der Waals surface area contributed by atoms with Gasteiger partial charge in [0.25, 0.3) is 5.91 Å². The number of methoxy groups -OCH3 is 3. The zero-order valence-electron chi connectivity index (χ0n) is 17.2. The van der Waals surface area contributed by atoms with Gasteiger partial charge in [-0.25, -0.2) is 0 Å². The number of ether oxygens (including phenoxy) is 3. The summed E-state index contributed by atoms with van der Waals surface area (Å²) in [6, 6.07) is 14.7. The molecule has 0 bridgehead atoms. The van der Waals surface area contributed by atoms with Crippen molar-refractivity contribution in [2.75, 3.05) is 21.3 Å². The summed E-state index contributed by atoms with van der Waals surface area (Å²) in [5.74, 6) is 2.18. The molecule has 1 aromatic heterocycles. The molecular weight excluding hydrogens is 484 g/mol. The van der Waals surface area contributed by atoms with Crippen LogP contribution in [0.2, 0.25) is 0 Å². The van der Waals surface area contributed by atoms with E-state index in [-0.39, 0.29) is 5.11 Å². The van der Waals surface area contributed by atoms with Crippen molar-refractivity contribution < 1.29 is 23.4 Å². The van der Waals surface area contributed by atoms with Crippen molar-refractivity contribution in [3.05, 3.63) is 64.3 Å². The van der Waals surface area contributed by atoms with Crippen LogP contribution in [0.5, 0.6) is 17.2 Å². The Labute approximate surface area is 193 Å². The Bertz CT molecular complexity index is 1060. The van der Waals surface area contributed by atoms with Gasteiger partial charge in [-0.1, -0.05) is 28.1 Å². The molecule has 0 radical (unpaired) electrons. The van der Waals surface area contributed by atoms with E-state index in [1.165, 1.54) is 21.3 Å². The fraction of sp³-hybridized carbons (Fsp3) is 0.182. The SMILES string of the molecule is COc1cc(C(=O)NC(=S)NCc2ccc(-c3ccc(Br)cc3)o2)cc(OC)c1OC. The average molecular weight is 505 g/mol. The van der Waals surface area contributed by atoms with Gasteiger partial charge in [-0.05, 0) is 48.6 Å². The standard InChI is InChI=1S/C22H21BrN2O5S/c1-27-18-10-14(11-19(28-2)20(18)29-3)21(26)25-22(31)24-12-16-8-9-17(30-16)13-4-6-15(23)7-5-13/h4-11H,12H2,1-3H3,(H2,24,25,26,31). The van der Waals surface area contributed by atoms with E-state index in [1.807, 2.05) is 36.4 Å². The Morgan fingerprint density at radius 3 is 2.23 bits per heavy atom. The van der Waals surface area contributed by atoms with E-state index in [0.717, 1.165) is 15.8 Å². The van der Waals surface area contributed by atoms with Crippen molar-refractivity contribution in [1.29, 1.82) is 0 Å². The molecule has 7 nitrogen and oxygen atoms in total. The second-order valence-electron chi connectivity index (χ2n) is 6.32. The van der Waals surface area contributed by atoms with Gasteiger partial charge < -0.3 is 23.9 Å². The molecule has 0 spiro atoms. The van der Waals surface area contributed by atoms with Crippen molar-refractivity contribution in [2.24, 2.45) is 0 Å². The monoisotopic (exact) mass is 504 g/mol. The van der Waals surface area contributed by atoms with Crippen molar-refractivity contribution in [3.63, 3.8) is 0 Å². The first-order valence-corrected chi connectivity index (χ1v) is 10.4. The summed E-state index contributed by atoms with van der Waals surface area (Å²) >= 11 is 8.65. The maximum atomic E-state index is 12.6. The van der Waals surface area contributed by atoms with E-state index in [2.05, 4.69) is 26.6 Å². The number of hydrogen-bond donors (Lipinski definition) is 2. The molecule has 0 fully saturated rings. The molecule has 0 unspecified atom stereocenters. The lowest BCUT2D eigenvalue weighted by molar-refractivity contribution is 0.0975. The van der Waals surface area contributed by atoms with Crippen LogP contribution >= 0.6 is 28.1 Å². The van der Waals surface area contributed by atoms with Gasteiger partial charge in [0.15, 0.2) is 16.6 Å². The number of hydrogen-bond acceptors (Lipinski definition) is 6. The second kappa shape index (κ2) is 10.3. The molecule has 1 heterocycles. The van der Waals surface area contributed by atoms with Gasteiger partial charge in [0.05, 0.1) is 27.9 Å². The second-order valence-corrected chi connectivity index (χ2v) is 7.65. The van der Waals surface area contributed by atoms with Crippen LogP contribution in [0, 0.1) is 0 Å². The Balaban J connectivity index is 1.61. The Morgan fingerprint density at radius 1 is 1.00 bits per heavy atom. The molecule has 0 aliphatic carbocycles. The number of halogens is 1. The predicted molar refractivity (Wildman–Crippen MR) is 125 cm³/mol. The lowest BCUT2D eigenvalue weighted by atomic mass is 10.1. The van der Waals surface area contributed by atoms with Gasteiger partial charge >= 0.3 is 0 Å². The van der Waals surface area contributed by atoms with E-state index in [1.54, 1.807) is 12.1 Å². The fourth-order valence-electron chi connectivity index (χ4n) is 2.84. The third-order valence-electron chi connectivity index (χ3n) is 4.37. The zero-order chi connectivity index (χ0) is 22.4. The first-order valence-electron chi connectivity index (χ1n) is 9.19. The van der Waals surface area contributed by atoms with Crippen molar-refractivity contribution in [2.45, 2.75) is 6.54 Å². The molecule has 162 valence electrons. The molecule has 0 saturated carbocycles. The van der Waals surface area contributed by atoms with Crippen LogP contribution < -0.4 is 24.8 Å². The third kappa shape index (κ3) is 5.56. The topological polar surface area (TPSA) is 82.0 Å². The molecule has 0 aliphatic heterocycles. The number of amides is 1. The predicted octanol–water partition coefficient (Wildman–Crippen LogP) is 4.54. The number of benzene rings is 2. The molecule has 1 amide bonds. The molecule has 3 aromatic rings.